The van der Waals surface area contributed by atoms with E-state index in [1.54, 1.807) is 24.1 Å². The van der Waals surface area contributed by atoms with Crippen molar-refractivity contribution in [1.29, 1.82) is 0 Å². The fourth-order valence-electron chi connectivity index (χ4n) is 3.13. The van der Waals surface area contributed by atoms with Gasteiger partial charge in [-0.2, -0.15) is 5.10 Å². The molecule has 0 saturated carbocycles. The first-order valence-corrected chi connectivity index (χ1v) is 8.51. The van der Waals surface area contributed by atoms with Crippen molar-refractivity contribution in [3.05, 3.63) is 39.7 Å². The number of piperidine rings is 1. The maximum atomic E-state index is 12.6. The van der Waals surface area contributed by atoms with Crippen molar-refractivity contribution in [3.63, 3.8) is 0 Å². The van der Waals surface area contributed by atoms with Crippen molar-refractivity contribution in [1.82, 2.24) is 20.0 Å². The van der Waals surface area contributed by atoms with Crippen LogP contribution in [0.15, 0.2) is 23.0 Å². The maximum Gasteiger partial charge on any atom is 0.276 e. The number of amides is 2. The predicted octanol–water partition coefficient (Wildman–Crippen LogP) is 0.984. The highest BCUT2D eigenvalue weighted by atomic mass is 16.2. The van der Waals surface area contributed by atoms with E-state index in [9.17, 15) is 14.4 Å². The Hall–Kier alpha value is -2.70. The maximum absolute atomic E-state index is 12.6. The first-order valence-electron chi connectivity index (χ1n) is 8.51. The van der Waals surface area contributed by atoms with Gasteiger partial charge in [-0.25, -0.2) is 0 Å². The van der Waals surface area contributed by atoms with Gasteiger partial charge in [0.2, 0.25) is 11.3 Å². The van der Waals surface area contributed by atoms with Gasteiger partial charge in [0.1, 0.15) is 0 Å². The third-order valence-electron chi connectivity index (χ3n) is 4.53. The van der Waals surface area contributed by atoms with Crippen LogP contribution in [-0.2, 0) is 11.8 Å². The SMILES string of the molecule is Cc1ccc2c(c1)c(=O)c(C(=O)NCC(=O)N1CCCCC1)nn2C. The van der Waals surface area contributed by atoms with Crippen LogP contribution in [0.5, 0.6) is 0 Å². The predicted molar refractivity (Wildman–Crippen MR) is 94.5 cm³/mol. The molecule has 0 unspecified atom stereocenters. The second-order valence-corrected chi connectivity index (χ2v) is 6.45. The molecule has 3 rings (SSSR count). The number of nitrogens with one attached hydrogen (secondary N) is 1. The van der Waals surface area contributed by atoms with E-state index in [4.69, 9.17) is 0 Å². The Labute approximate surface area is 145 Å². The molecule has 7 heteroatoms. The van der Waals surface area contributed by atoms with Gasteiger partial charge in [0.15, 0.2) is 5.69 Å². The summed E-state index contributed by atoms with van der Waals surface area (Å²) < 4.78 is 1.51. The van der Waals surface area contributed by atoms with Crippen molar-refractivity contribution in [2.45, 2.75) is 26.2 Å². The summed E-state index contributed by atoms with van der Waals surface area (Å²) in [5, 5.41) is 7.07. The van der Waals surface area contributed by atoms with Crippen molar-refractivity contribution < 1.29 is 9.59 Å². The molecule has 0 aliphatic carbocycles. The Morgan fingerprint density at radius 1 is 1.20 bits per heavy atom. The molecule has 1 N–H and O–H groups in total. The highest BCUT2D eigenvalue weighted by Gasteiger charge is 2.20. The number of hydrogen-bond acceptors (Lipinski definition) is 4. The minimum absolute atomic E-state index is 0.116. The monoisotopic (exact) mass is 342 g/mol. The number of carbonyl (C=O) groups excluding carboxylic acids is 2. The van der Waals surface area contributed by atoms with Gasteiger partial charge in [-0.3, -0.25) is 19.1 Å². The van der Waals surface area contributed by atoms with Gasteiger partial charge in [-0.05, 0) is 38.3 Å². The lowest BCUT2D eigenvalue weighted by molar-refractivity contribution is -0.130. The quantitative estimate of drug-likeness (QED) is 0.901. The van der Waals surface area contributed by atoms with Crippen LogP contribution < -0.4 is 10.7 Å². The number of benzene rings is 1. The minimum atomic E-state index is -0.616. The zero-order chi connectivity index (χ0) is 18.0. The van der Waals surface area contributed by atoms with Crippen LogP contribution in [0.3, 0.4) is 0 Å². The number of aryl methyl sites for hydroxylation is 2. The number of rotatable bonds is 3. The molecule has 1 aliphatic rings. The Morgan fingerprint density at radius 2 is 1.92 bits per heavy atom. The minimum Gasteiger partial charge on any atom is -0.341 e. The van der Waals surface area contributed by atoms with E-state index in [1.165, 1.54) is 4.68 Å². The number of fused-ring (bicyclic) bond motifs is 1. The fourth-order valence-corrected chi connectivity index (χ4v) is 3.13. The largest absolute Gasteiger partial charge is 0.341 e. The summed E-state index contributed by atoms with van der Waals surface area (Å²) in [5.41, 5.74) is 0.991. The van der Waals surface area contributed by atoms with Crippen LogP contribution in [0.4, 0.5) is 0 Å². The molecule has 7 nitrogen and oxygen atoms in total. The molecule has 0 spiro atoms. The first-order chi connectivity index (χ1) is 12.0. The highest BCUT2D eigenvalue weighted by Crippen LogP contribution is 2.11. The standard InChI is InChI=1S/C18H22N4O3/c1-12-6-7-14-13(10-12)17(24)16(20-21(14)2)18(25)19-11-15(23)22-8-4-3-5-9-22/h6-7,10H,3-5,8-9,11H2,1-2H3,(H,19,25). The fraction of sp³-hybridized carbons (Fsp3) is 0.444. The molecular formula is C18H22N4O3. The van der Waals surface area contributed by atoms with Crippen LogP contribution in [-0.4, -0.2) is 46.1 Å². The normalized spacial score (nSPS) is 14.6. The Balaban J connectivity index is 1.79. The Bertz CT molecular complexity index is 882. The Kier molecular flexibility index (Phi) is 4.83. The van der Waals surface area contributed by atoms with E-state index >= 15 is 0 Å². The molecule has 1 aromatic carbocycles. The molecule has 25 heavy (non-hydrogen) atoms. The van der Waals surface area contributed by atoms with Gasteiger partial charge >= 0.3 is 0 Å². The van der Waals surface area contributed by atoms with Crippen LogP contribution in [0, 0.1) is 6.92 Å². The summed E-state index contributed by atoms with van der Waals surface area (Å²) >= 11 is 0. The van der Waals surface area contributed by atoms with Crippen LogP contribution in [0.25, 0.3) is 10.9 Å². The van der Waals surface area contributed by atoms with Gasteiger partial charge in [-0.1, -0.05) is 11.6 Å². The third kappa shape index (κ3) is 3.55. The summed E-state index contributed by atoms with van der Waals surface area (Å²) in [6, 6.07) is 5.44. The average molecular weight is 342 g/mol. The molecule has 2 aromatic rings. The van der Waals surface area contributed by atoms with Crippen molar-refractivity contribution in [2.75, 3.05) is 19.6 Å². The summed E-state index contributed by atoms with van der Waals surface area (Å²) in [4.78, 5) is 38.9. The number of aromatic nitrogens is 2. The molecule has 0 atom stereocenters. The zero-order valence-corrected chi connectivity index (χ0v) is 14.5. The number of likely N-dealkylation sites (tertiary alicyclic amines) is 1. The van der Waals surface area contributed by atoms with E-state index < -0.39 is 11.3 Å². The summed E-state index contributed by atoms with van der Waals surface area (Å²) in [6.07, 6.45) is 3.12. The first kappa shape index (κ1) is 17.1. The third-order valence-corrected chi connectivity index (χ3v) is 4.53. The van der Waals surface area contributed by atoms with Crippen molar-refractivity contribution in [3.8, 4) is 0 Å². The number of nitrogens with zero attached hydrogens (tertiary/aromatic N) is 3. The van der Waals surface area contributed by atoms with E-state index in [2.05, 4.69) is 10.4 Å². The van der Waals surface area contributed by atoms with E-state index in [0.717, 1.165) is 37.9 Å². The lowest BCUT2D eigenvalue weighted by Gasteiger charge is -2.26. The Morgan fingerprint density at radius 3 is 2.64 bits per heavy atom. The highest BCUT2D eigenvalue weighted by molar-refractivity contribution is 5.97. The summed E-state index contributed by atoms with van der Waals surface area (Å²) in [5.74, 6) is -0.740. The van der Waals surface area contributed by atoms with E-state index in [1.807, 2.05) is 13.0 Å². The second kappa shape index (κ2) is 7.04. The summed E-state index contributed by atoms with van der Waals surface area (Å²) in [7, 11) is 1.69. The molecule has 1 saturated heterocycles. The van der Waals surface area contributed by atoms with Gasteiger partial charge in [0, 0.05) is 20.1 Å². The second-order valence-electron chi connectivity index (χ2n) is 6.45. The zero-order valence-electron chi connectivity index (χ0n) is 14.5. The lowest BCUT2D eigenvalue weighted by atomic mass is 10.1. The van der Waals surface area contributed by atoms with Gasteiger partial charge in [0.05, 0.1) is 17.4 Å². The van der Waals surface area contributed by atoms with Gasteiger partial charge < -0.3 is 10.2 Å². The molecular weight excluding hydrogens is 320 g/mol. The molecule has 1 aliphatic heterocycles. The number of hydrogen-bond donors (Lipinski definition) is 1. The molecule has 0 radical (unpaired) electrons. The molecule has 1 aromatic heterocycles. The van der Waals surface area contributed by atoms with Crippen LogP contribution in [0.2, 0.25) is 0 Å². The van der Waals surface area contributed by atoms with Crippen molar-refractivity contribution >= 4 is 22.7 Å². The van der Waals surface area contributed by atoms with Crippen molar-refractivity contribution in [2.24, 2.45) is 7.05 Å². The van der Waals surface area contributed by atoms with Gasteiger partial charge in [-0.15, -0.1) is 0 Å². The molecule has 2 amide bonds. The van der Waals surface area contributed by atoms with Crippen LogP contribution >= 0.6 is 0 Å². The van der Waals surface area contributed by atoms with Gasteiger partial charge in [0.25, 0.3) is 5.91 Å². The topological polar surface area (TPSA) is 84.3 Å². The smallest absolute Gasteiger partial charge is 0.276 e. The molecule has 2 heterocycles. The average Bonchev–Trinajstić information content (AvgIpc) is 2.63. The molecule has 0 bridgehead atoms. The van der Waals surface area contributed by atoms with E-state index in [-0.39, 0.29) is 18.1 Å². The lowest BCUT2D eigenvalue weighted by Crippen LogP contribution is -2.43. The van der Waals surface area contributed by atoms with Crippen LogP contribution in [0.1, 0.15) is 35.3 Å². The molecule has 132 valence electrons. The molecule has 1 fully saturated rings. The number of carbonyl (C=O) groups is 2. The van der Waals surface area contributed by atoms with E-state index in [0.29, 0.717) is 10.9 Å². The summed E-state index contributed by atoms with van der Waals surface area (Å²) in [6.45, 7) is 3.22.